The fraction of sp³-hybridized carbons (Fsp3) is 0.450. The van der Waals surface area contributed by atoms with Crippen LogP contribution in [0.2, 0.25) is 0 Å². The topological polar surface area (TPSA) is 77.4 Å². The van der Waals surface area contributed by atoms with Gasteiger partial charge in [0.1, 0.15) is 10.7 Å². The first-order valence-electron chi connectivity index (χ1n) is 8.98. The number of sulfone groups is 1. The number of nitrogens with zero attached hydrogens (tertiary/aromatic N) is 1. The Labute approximate surface area is 161 Å². The number of carbonyl (C=O) groups excluding carboxylic acids is 1. The van der Waals surface area contributed by atoms with Gasteiger partial charge in [-0.15, -0.1) is 0 Å². The minimum absolute atomic E-state index is 0.152. The Kier molecular flexibility index (Phi) is 6.84. The first-order valence-corrected chi connectivity index (χ1v) is 10.5. The van der Waals surface area contributed by atoms with Gasteiger partial charge in [-0.1, -0.05) is 32.0 Å². The van der Waals surface area contributed by atoms with Crippen LogP contribution < -0.4 is 5.32 Å². The number of benzene rings is 1. The third-order valence-corrected chi connectivity index (χ3v) is 6.40. The summed E-state index contributed by atoms with van der Waals surface area (Å²) in [7, 11) is -2.19. The van der Waals surface area contributed by atoms with Crippen molar-refractivity contribution in [3.8, 4) is 0 Å². The molecule has 0 aliphatic carbocycles. The van der Waals surface area contributed by atoms with Crippen LogP contribution in [0.25, 0.3) is 0 Å². The van der Waals surface area contributed by atoms with Crippen molar-refractivity contribution in [2.24, 2.45) is 5.92 Å². The molecule has 0 fully saturated rings. The lowest BCUT2D eigenvalue weighted by Gasteiger charge is -2.15. The van der Waals surface area contributed by atoms with E-state index >= 15 is 0 Å². The number of amides is 1. The molecule has 27 heavy (non-hydrogen) atoms. The quantitative estimate of drug-likeness (QED) is 0.745. The normalized spacial score (nSPS) is 11.8. The lowest BCUT2D eigenvalue weighted by atomic mass is 10.1. The van der Waals surface area contributed by atoms with Crippen LogP contribution in [0.15, 0.2) is 40.1 Å². The lowest BCUT2D eigenvalue weighted by Crippen LogP contribution is -2.20. The highest BCUT2D eigenvalue weighted by Crippen LogP contribution is 2.35. The molecule has 1 aromatic carbocycles. The highest BCUT2D eigenvalue weighted by atomic mass is 32.2. The summed E-state index contributed by atoms with van der Waals surface area (Å²) >= 11 is 0. The standard InChI is InChI=1S/C20H28N2O4S/c1-14(2)13-18(23)21-20-19(15(3)16(4)22(20)11-12-26-5)27(24,25)17-9-7-6-8-10-17/h6-10,14H,11-13H2,1-5H3,(H,21,23). The van der Waals surface area contributed by atoms with Gasteiger partial charge >= 0.3 is 0 Å². The fourth-order valence-electron chi connectivity index (χ4n) is 3.02. The largest absolute Gasteiger partial charge is 0.383 e. The predicted octanol–water partition coefficient (Wildman–Crippen LogP) is 3.57. The van der Waals surface area contributed by atoms with Crippen molar-refractivity contribution in [3.05, 3.63) is 41.6 Å². The molecule has 0 unspecified atom stereocenters. The molecule has 0 saturated heterocycles. The van der Waals surface area contributed by atoms with Gasteiger partial charge in [0, 0.05) is 25.8 Å². The summed E-state index contributed by atoms with van der Waals surface area (Å²) in [6.45, 7) is 8.38. The number of aromatic nitrogens is 1. The van der Waals surface area contributed by atoms with Crippen molar-refractivity contribution >= 4 is 21.6 Å². The summed E-state index contributed by atoms with van der Waals surface area (Å²) in [6, 6.07) is 8.28. The molecule has 0 saturated carbocycles. The molecular formula is C20H28N2O4S. The second-order valence-corrected chi connectivity index (χ2v) is 8.88. The molecule has 1 amide bonds. The molecule has 148 valence electrons. The van der Waals surface area contributed by atoms with Crippen molar-refractivity contribution in [2.45, 2.75) is 50.5 Å². The number of nitrogens with one attached hydrogen (secondary N) is 1. The molecule has 2 aromatic rings. The van der Waals surface area contributed by atoms with Gasteiger partial charge in [0.15, 0.2) is 0 Å². The molecule has 7 heteroatoms. The first kappa shape index (κ1) is 21.2. The molecule has 0 aliphatic heterocycles. The van der Waals surface area contributed by atoms with Crippen molar-refractivity contribution in [3.63, 3.8) is 0 Å². The molecular weight excluding hydrogens is 364 g/mol. The monoisotopic (exact) mass is 392 g/mol. The Bertz CT molecular complexity index is 900. The highest BCUT2D eigenvalue weighted by molar-refractivity contribution is 7.91. The number of rotatable bonds is 8. The smallest absolute Gasteiger partial charge is 0.225 e. The van der Waals surface area contributed by atoms with Gasteiger partial charge in [0.25, 0.3) is 0 Å². The van der Waals surface area contributed by atoms with E-state index in [1.54, 1.807) is 44.4 Å². The predicted molar refractivity (Wildman–Crippen MR) is 106 cm³/mol. The van der Waals surface area contributed by atoms with Gasteiger partial charge in [-0.25, -0.2) is 8.42 Å². The molecule has 1 N–H and O–H groups in total. The molecule has 2 rings (SSSR count). The molecule has 0 spiro atoms. The van der Waals surface area contributed by atoms with E-state index in [-0.39, 0.29) is 21.6 Å². The van der Waals surface area contributed by atoms with E-state index in [2.05, 4.69) is 5.32 Å². The number of hydrogen-bond acceptors (Lipinski definition) is 4. The zero-order valence-corrected chi connectivity index (χ0v) is 17.4. The van der Waals surface area contributed by atoms with Gasteiger partial charge in [-0.2, -0.15) is 0 Å². The van der Waals surface area contributed by atoms with Crippen LogP contribution in [0, 0.1) is 19.8 Å². The third kappa shape index (κ3) is 4.59. The molecule has 6 nitrogen and oxygen atoms in total. The molecule has 0 atom stereocenters. The minimum Gasteiger partial charge on any atom is -0.383 e. The summed E-state index contributed by atoms with van der Waals surface area (Å²) in [6.07, 6.45) is 0.318. The maximum atomic E-state index is 13.3. The second kappa shape index (κ2) is 8.71. The van der Waals surface area contributed by atoms with E-state index in [4.69, 9.17) is 4.74 Å². The summed E-state index contributed by atoms with van der Waals surface area (Å²) in [5, 5.41) is 2.85. The Morgan fingerprint density at radius 1 is 1.19 bits per heavy atom. The Balaban J connectivity index is 2.63. The molecule has 1 heterocycles. The first-order chi connectivity index (χ1) is 12.7. The Morgan fingerprint density at radius 3 is 2.37 bits per heavy atom. The van der Waals surface area contributed by atoms with Crippen molar-refractivity contribution in [1.82, 2.24) is 4.57 Å². The lowest BCUT2D eigenvalue weighted by molar-refractivity contribution is -0.116. The minimum atomic E-state index is -3.78. The van der Waals surface area contributed by atoms with E-state index in [9.17, 15) is 13.2 Å². The van der Waals surface area contributed by atoms with Gasteiger partial charge in [0.05, 0.1) is 11.5 Å². The van der Waals surface area contributed by atoms with Gasteiger partial charge in [0.2, 0.25) is 15.7 Å². The van der Waals surface area contributed by atoms with E-state index in [1.165, 1.54) is 0 Å². The highest BCUT2D eigenvalue weighted by Gasteiger charge is 2.30. The van der Waals surface area contributed by atoms with Crippen LogP contribution in [0.5, 0.6) is 0 Å². The maximum absolute atomic E-state index is 13.3. The van der Waals surface area contributed by atoms with Crippen molar-refractivity contribution < 1.29 is 17.9 Å². The van der Waals surface area contributed by atoms with Crippen LogP contribution in [-0.4, -0.2) is 32.6 Å². The van der Waals surface area contributed by atoms with Gasteiger partial charge in [-0.3, -0.25) is 4.79 Å². The second-order valence-electron chi connectivity index (χ2n) is 7.00. The van der Waals surface area contributed by atoms with Crippen LogP contribution >= 0.6 is 0 Å². The summed E-state index contributed by atoms with van der Waals surface area (Å²) in [4.78, 5) is 12.8. The zero-order chi connectivity index (χ0) is 20.2. The SMILES string of the molecule is COCCn1c(C)c(C)c(S(=O)(=O)c2ccccc2)c1NC(=O)CC(C)C. The Hall–Kier alpha value is -2.12. The fourth-order valence-corrected chi connectivity index (χ4v) is 4.74. The van der Waals surface area contributed by atoms with Crippen molar-refractivity contribution in [1.29, 1.82) is 0 Å². The van der Waals surface area contributed by atoms with E-state index in [0.29, 0.717) is 31.0 Å². The molecule has 0 bridgehead atoms. The molecule has 0 radical (unpaired) electrons. The average Bonchev–Trinajstić information content (AvgIpc) is 2.84. The van der Waals surface area contributed by atoms with Crippen LogP contribution in [0.4, 0.5) is 5.82 Å². The van der Waals surface area contributed by atoms with Crippen LogP contribution in [0.1, 0.15) is 31.5 Å². The number of ether oxygens (including phenoxy) is 1. The molecule has 0 aliphatic rings. The number of methoxy groups -OCH3 is 1. The third-order valence-electron chi connectivity index (χ3n) is 4.47. The summed E-state index contributed by atoms with van der Waals surface area (Å²) < 4.78 is 33.6. The van der Waals surface area contributed by atoms with E-state index in [0.717, 1.165) is 5.69 Å². The number of hydrogen-bond donors (Lipinski definition) is 1. The van der Waals surface area contributed by atoms with E-state index in [1.807, 2.05) is 25.3 Å². The van der Waals surface area contributed by atoms with Crippen LogP contribution in [-0.2, 0) is 25.9 Å². The van der Waals surface area contributed by atoms with Crippen LogP contribution in [0.3, 0.4) is 0 Å². The zero-order valence-electron chi connectivity index (χ0n) is 16.6. The van der Waals surface area contributed by atoms with Gasteiger partial charge < -0.3 is 14.6 Å². The Morgan fingerprint density at radius 2 is 1.81 bits per heavy atom. The maximum Gasteiger partial charge on any atom is 0.225 e. The summed E-state index contributed by atoms with van der Waals surface area (Å²) in [5.41, 5.74) is 1.43. The van der Waals surface area contributed by atoms with Gasteiger partial charge in [-0.05, 0) is 37.5 Å². The number of carbonyl (C=O) groups is 1. The van der Waals surface area contributed by atoms with Crippen molar-refractivity contribution in [2.75, 3.05) is 19.0 Å². The summed E-state index contributed by atoms with van der Waals surface area (Å²) in [5.74, 6) is 0.283. The average molecular weight is 393 g/mol. The number of anilines is 1. The van der Waals surface area contributed by atoms with E-state index < -0.39 is 9.84 Å². The molecule has 1 aromatic heterocycles.